The fourth-order valence-corrected chi connectivity index (χ4v) is 2.90. The van der Waals surface area contributed by atoms with Crippen LogP contribution < -0.4 is 11.1 Å². The number of nitrogens with two attached hydrogens (primary N) is 1. The molecule has 0 bridgehead atoms. The van der Waals surface area contributed by atoms with Gasteiger partial charge in [0.1, 0.15) is 5.82 Å². The summed E-state index contributed by atoms with van der Waals surface area (Å²) >= 11 is 3.12. The molecule has 3 N–H and O–H groups in total. The summed E-state index contributed by atoms with van der Waals surface area (Å²) in [5.74, 6) is -0.465. The zero-order valence-electron chi connectivity index (χ0n) is 10.9. The van der Waals surface area contributed by atoms with Gasteiger partial charge in [-0.2, -0.15) is 0 Å². The normalized spacial score (nSPS) is 16.8. The molecule has 3 nitrogen and oxygen atoms in total. The molecule has 19 heavy (non-hydrogen) atoms. The fraction of sp³-hybridized carbons (Fsp3) is 0.500. The minimum Gasteiger partial charge on any atom is -0.330 e. The Morgan fingerprint density at radius 2 is 2.21 bits per heavy atom. The van der Waals surface area contributed by atoms with E-state index in [0.29, 0.717) is 23.1 Å². The first kappa shape index (κ1) is 14.5. The average Bonchev–Trinajstić information content (AvgIpc) is 2.31. The molecule has 0 radical (unpaired) electrons. The van der Waals surface area contributed by atoms with E-state index >= 15 is 0 Å². The quantitative estimate of drug-likeness (QED) is 0.890. The van der Waals surface area contributed by atoms with Gasteiger partial charge in [-0.1, -0.05) is 6.42 Å². The highest BCUT2D eigenvalue weighted by Crippen LogP contribution is 2.43. The minimum atomic E-state index is -0.377. The summed E-state index contributed by atoms with van der Waals surface area (Å²) in [5, 5.41) is 2.78. The lowest BCUT2D eigenvalue weighted by molar-refractivity contribution is -0.119. The molecule has 1 aliphatic carbocycles. The van der Waals surface area contributed by atoms with Crippen LogP contribution in [0.2, 0.25) is 0 Å². The smallest absolute Gasteiger partial charge is 0.224 e. The van der Waals surface area contributed by atoms with Gasteiger partial charge < -0.3 is 11.1 Å². The molecule has 0 saturated heterocycles. The SMILES string of the molecule is Cc1cc(Br)c(F)cc1NC(=O)CC1(CN)CCC1. The monoisotopic (exact) mass is 328 g/mol. The molecule has 1 aromatic rings. The molecule has 0 aliphatic heterocycles. The van der Waals surface area contributed by atoms with Gasteiger partial charge in [0.15, 0.2) is 0 Å². The molecule has 1 aromatic carbocycles. The standard InChI is InChI=1S/C14H18BrFN2O/c1-9-5-10(15)11(16)6-12(9)18-13(19)7-14(8-17)3-2-4-14/h5-6H,2-4,7-8,17H2,1H3,(H,18,19). The van der Waals surface area contributed by atoms with Crippen LogP contribution in [-0.4, -0.2) is 12.5 Å². The molecule has 2 rings (SSSR count). The lowest BCUT2D eigenvalue weighted by Gasteiger charge is -2.40. The Bertz CT molecular complexity index is 495. The number of carbonyl (C=O) groups excluding carboxylic acids is 1. The van der Waals surface area contributed by atoms with Gasteiger partial charge in [-0.25, -0.2) is 4.39 Å². The van der Waals surface area contributed by atoms with Crippen molar-refractivity contribution in [3.05, 3.63) is 28.0 Å². The van der Waals surface area contributed by atoms with E-state index in [1.54, 1.807) is 6.07 Å². The van der Waals surface area contributed by atoms with Crippen molar-refractivity contribution in [2.45, 2.75) is 32.6 Å². The molecule has 5 heteroatoms. The van der Waals surface area contributed by atoms with E-state index in [1.165, 1.54) is 6.07 Å². The fourth-order valence-electron chi connectivity index (χ4n) is 2.45. The average molecular weight is 329 g/mol. The van der Waals surface area contributed by atoms with Crippen molar-refractivity contribution < 1.29 is 9.18 Å². The first-order valence-electron chi connectivity index (χ1n) is 6.41. The number of nitrogens with one attached hydrogen (secondary N) is 1. The topological polar surface area (TPSA) is 55.1 Å². The highest BCUT2D eigenvalue weighted by Gasteiger charge is 2.37. The van der Waals surface area contributed by atoms with Crippen LogP contribution >= 0.6 is 15.9 Å². The zero-order valence-corrected chi connectivity index (χ0v) is 12.5. The number of halogens is 2. The molecule has 0 atom stereocenters. The van der Waals surface area contributed by atoms with Crippen LogP contribution in [0.5, 0.6) is 0 Å². The van der Waals surface area contributed by atoms with Gasteiger partial charge >= 0.3 is 0 Å². The van der Waals surface area contributed by atoms with Crippen LogP contribution in [0.3, 0.4) is 0 Å². The third-order valence-corrected chi connectivity index (χ3v) is 4.53. The van der Waals surface area contributed by atoms with Crippen LogP contribution in [0.25, 0.3) is 0 Å². The van der Waals surface area contributed by atoms with E-state index in [2.05, 4.69) is 21.2 Å². The molecule has 0 aromatic heterocycles. The van der Waals surface area contributed by atoms with Gasteiger partial charge in [0, 0.05) is 12.1 Å². The van der Waals surface area contributed by atoms with Gasteiger partial charge in [0.05, 0.1) is 4.47 Å². The Balaban J connectivity index is 2.05. The molecule has 1 aliphatic rings. The second kappa shape index (κ2) is 5.59. The third-order valence-electron chi connectivity index (χ3n) is 3.92. The Hall–Kier alpha value is -0.940. The van der Waals surface area contributed by atoms with Crippen LogP contribution in [0.4, 0.5) is 10.1 Å². The van der Waals surface area contributed by atoms with E-state index in [4.69, 9.17) is 5.73 Å². The summed E-state index contributed by atoms with van der Waals surface area (Å²) in [6, 6.07) is 3.00. The van der Waals surface area contributed by atoms with E-state index in [9.17, 15) is 9.18 Å². The maximum Gasteiger partial charge on any atom is 0.224 e. The number of rotatable bonds is 4. The summed E-state index contributed by atoms with van der Waals surface area (Å²) in [5.41, 5.74) is 7.06. The van der Waals surface area contributed by atoms with Crippen molar-refractivity contribution in [1.82, 2.24) is 0 Å². The van der Waals surface area contributed by atoms with E-state index in [1.807, 2.05) is 6.92 Å². The third kappa shape index (κ3) is 3.15. The zero-order chi connectivity index (χ0) is 14.0. The Kier molecular flexibility index (Phi) is 4.26. The van der Waals surface area contributed by atoms with Gasteiger partial charge in [-0.3, -0.25) is 4.79 Å². The number of anilines is 1. The van der Waals surface area contributed by atoms with Crippen molar-refractivity contribution in [1.29, 1.82) is 0 Å². The highest BCUT2D eigenvalue weighted by molar-refractivity contribution is 9.10. The van der Waals surface area contributed by atoms with Crippen LogP contribution in [0.15, 0.2) is 16.6 Å². The van der Waals surface area contributed by atoms with E-state index < -0.39 is 0 Å². The van der Waals surface area contributed by atoms with E-state index in [-0.39, 0.29) is 17.1 Å². The molecule has 0 unspecified atom stereocenters. The van der Waals surface area contributed by atoms with Gasteiger partial charge in [0.25, 0.3) is 0 Å². The molecule has 1 saturated carbocycles. The second-order valence-electron chi connectivity index (χ2n) is 5.36. The van der Waals surface area contributed by atoms with Crippen molar-refractivity contribution >= 4 is 27.5 Å². The van der Waals surface area contributed by atoms with Crippen molar-refractivity contribution in [3.8, 4) is 0 Å². The Morgan fingerprint density at radius 1 is 1.53 bits per heavy atom. The maximum absolute atomic E-state index is 13.5. The predicted octanol–water partition coefficient (Wildman–Crippen LogP) is 3.35. The van der Waals surface area contributed by atoms with Crippen LogP contribution in [-0.2, 0) is 4.79 Å². The number of benzene rings is 1. The highest BCUT2D eigenvalue weighted by atomic mass is 79.9. The summed E-state index contributed by atoms with van der Waals surface area (Å²) in [6.45, 7) is 2.37. The van der Waals surface area contributed by atoms with Crippen molar-refractivity contribution in [3.63, 3.8) is 0 Å². The largest absolute Gasteiger partial charge is 0.330 e. The second-order valence-corrected chi connectivity index (χ2v) is 6.22. The number of amides is 1. The van der Waals surface area contributed by atoms with Crippen LogP contribution in [0.1, 0.15) is 31.2 Å². The number of hydrogen-bond donors (Lipinski definition) is 2. The summed E-state index contributed by atoms with van der Waals surface area (Å²) in [4.78, 5) is 12.0. The van der Waals surface area contributed by atoms with E-state index in [0.717, 1.165) is 24.8 Å². The number of aryl methyl sites for hydroxylation is 1. The molecular weight excluding hydrogens is 311 g/mol. The predicted molar refractivity (Wildman–Crippen MR) is 77.4 cm³/mol. The van der Waals surface area contributed by atoms with Crippen LogP contribution in [0, 0.1) is 18.2 Å². The summed E-state index contributed by atoms with van der Waals surface area (Å²) in [6.07, 6.45) is 3.56. The minimum absolute atomic E-state index is 0.0358. The Morgan fingerprint density at radius 3 is 2.74 bits per heavy atom. The maximum atomic E-state index is 13.5. The van der Waals surface area contributed by atoms with Gasteiger partial charge in [0.2, 0.25) is 5.91 Å². The molecule has 104 valence electrons. The van der Waals surface area contributed by atoms with Crippen molar-refractivity contribution in [2.24, 2.45) is 11.1 Å². The molecular formula is C14H18BrFN2O. The summed E-state index contributed by atoms with van der Waals surface area (Å²) < 4.78 is 13.9. The number of carbonyl (C=O) groups is 1. The van der Waals surface area contributed by atoms with Gasteiger partial charge in [-0.05, 0) is 65.4 Å². The van der Waals surface area contributed by atoms with Crippen molar-refractivity contribution in [2.75, 3.05) is 11.9 Å². The molecule has 1 fully saturated rings. The molecule has 0 heterocycles. The first-order valence-corrected chi connectivity index (χ1v) is 7.21. The lowest BCUT2D eigenvalue weighted by Crippen LogP contribution is -2.40. The lowest BCUT2D eigenvalue weighted by atomic mass is 9.66. The molecule has 1 amide bonds. The van der Waals surface area contributed by atoms with Gasteiger partial charge in [-0.15, -0.1) is 0 Å². The molecule has 0 spiro atoms. The Labute approximate surface area is 120 Å². The number of hydrogen-bond acceptors (Lipinski definition) is 2. The first-order chi connectivity index (χ1) is 8.96. The summed E-state index contributed by atoms with van der Waals surface area (Å²) in [7, 11) is 0.